The van der Waals surface area contributed by atoms with Crippen LogP contribution in [0.4, 0.5) is 13.2 Å². The maximum Gasteiger partial charge on any atom is 0.391 e. The lowest BCUT2D eigenvalue weighted by Gasteiger charge is -2.33. The molecule has 1 heterocycles. The van der Waals surface area contributed by atoms with Crippen molar-refractivity contribution in [3.8, 4) is 0 Å². The summed E-state index contributed by atoms with van der Waals surface area (Å²) in [6, 6.07) is 8.06. The van der Waals surface area contributed by atoms with Gasteiger partial charge in [0, 0.05) is 6.04 Å². The Morgan fingerprint density at radius 2 is 1.76 bits per heavy atom. The van der Waals surface area contributed by atoms with Crippen molar-refractivity contribution >= 4 is 0 Å². The van der Waals surface area contributed by atoms with Crippen LogP contribution < -0.4 is 5.73 Å². The Balaban J connectivity index is 1.76. The Bertz CT molecular complexity index is 434. The molecular formula is C16H23F3N2. The molecule has 21 heavy (non-hydrogen) atoms. The molecule has 1 fully saturated rings. The molecule has 0 saturated carbocycles. The molecule has 0 aromatic heterocycles. The summed E-state index contributed by atoms with van der Waals surface area (Å²) in [5, 5.41) is 0. The second-order valence-electron chi connectivity index (χ2n) is 5.96. The number of halogens is 3. The van der Waals surface area contributed by atoms with E-state index < -0.39 is 12.1 Å². The molecule has 1 saturated heterocycles. The minimum absolute atomic E-state index is 0.0501. The zero-order chi connectivity index (χ0) is 15.5. The zero-order valence-electron chi connectivity index (χ0n) is 12.4. The standard InChI is InChI=1S/C16H23F3N2/c1-12-2-4-13(5-3-12)15(20)8-11-21-9-6-14(7-10-21)16(17,18)19/h2-5,14-15H,6-11,20H2,1H3. The van der Waals surface area contributed by atoms with E-state index in [1.54, 1.807) is 0 Å². The lowest BCUT2D eigenvalue weighted by Crippen LogP contribution is -2.39. The maximum absolute atomic E-state index is 12.6. The molecule has 1 aromatic carbocycles. The van der Waals surface area contributed by atoms with E-state index in [0.717, 1.165) is 18.5 Å². The summed E-state index contributed by atoms with van der Waals surface area (Å²) in [6.07, 6.45) is -2.84. The van der Waals surface area contributed by atoms with Crippen LogP contribution in [0.3, 0.4) is 0 Å². The van der Waals surface area contributed by atoms with Gasteiger partial charge in [-0.2, -0.15) is 13.2 Å². The van der Waals surface area contributed by atoms with Crippen LogP contribution in [-0.2, 0) is 0 Å². The molecular weight excluding hydrogens is 277 g/mol. The van der Waals surface area contributed by atoms with Gasteiger partial charge in [0.05, 0.1) is 5.92 Å². The van der Waals surface area contributed by atoms with Gasteiger partial charge in [0.15, 0.2) is 0 Å². The molecule has 0 amide bonds. The van der Waals surface area contributed by atoms with E-state index in [1.807, 2.05) is 31.2 Å². The van der Waals surface area contributed by atoms with E-state index >= 15 is 0 Å². The van der Waals surface area contributed by atoms with Crippen molar-refractivity contribution in [1.82, 2.24) is 4.90 Å². The highest BCUT2D eigenvalue weighted by molar-refractivity contribution is 5.23. The number of nitrogens with zero attached hydrogens (tertiary/aromatic N) is 1. The van der Waals surface area contributed by atoms with Gasteiger partial charge < -0.3 is 10.6 Å². The molecule has 0 radical (unpaired) electrons. The second-order valence-corrected chi connectivity index (χ2v) is 5.96. The summed E-state index contributed by atoms with van der Waals surface area (Å²) < 4.78 is 37.8. The summed E-state index contributed by atoms with van der Waals surface area (Å²) in [5.41, 5.74) is 8.44. The summed E-state index contributed by atoms with van der Waals surface area (Å²) >= 11 is 0. The van der Waals surface area contributed by atoms with Crippen molar-refractivity contribution in [3.05, 3.63) is 35.4 Å². The number of alkyl halides is 3. The third-order valence-electron chi connectivity index (χ3n) is 4.31. The lowest BCUT2D eigenvalue weighted by atomic mass is 9.95. The molecule has 118 valence electrons. The molecule has 0 bridgehead atoms. The monoisotopic (exact) mass is 300 g/mol. The average molecular weight is 300 g/mol. The van der Waals surface area contributed by atoms with E-state index in [9.17, 15) is 13.2 Å². The number of aryl methyl sites for hydroxylation is 1. The Kier molecular flexibility index (Phi) is 5.27. The van der Waals surface area contributed by atoms with Crippen molar-refractivity contribution in [3.63, 3.8) is 0 Å². The van der Waals surface area contributed by atoms with Crippen molar-refractivity contribution in [2.24, 2.45) is 11.7 Å². The van der Waals surface area contributed by atoms with Crippen molar-refractivity contribution in [1.29, 1.82) is 0 Å². The fraction of sp³-hybridized carbons (Fsp3) is 0.625. The van der Waals surface area contributed by atoms with Gasteiger partial charge in [0.2, 0.25) is 0 Å². The summed E-state index contributed by atoms with van der Waals surface area (Å²) in [5.74, 6) is -1.13. The van der Waals surface area contributed by atoms with Crippen LogP contribution in [-0.4, -0.2) is 30.7 Å². The van der Waals surface area contributed by atoms with Crippen LogP contribution in [0.25, 0.3) is 0 Å². The van der Waals surface area contributed by atoms with Gasteiger partial charge >= 0.3 is 6.18 Å². The normalized spacial score (nSPS) is 19.7. The first-order valence-electron chi connectivity index (χ1n) is 7.47. The molecule has 1 aliphatic rings. The van der Waals surface area contributed by atoms with Crippen LogP contribution in [0.5, 0.6) is 0 Å². The van der Waals surface area contributed by atoms with Gasteiger partial charge in [-0.05, 0) is 51.4 Å². The number of benzene rings is 1. The maximum atomic E-state index is 12.6. The van der Waals surface area contributed by atoms with Crippen molar-refractivity contribution < 1.29 is 13.2 Å². The van der Waals surface area contributed by atoms with Crippen LogP contribution in [0, 0.1) is 12.8 Å². The number of piperidine rings is 1. The molecule has 1 aliphatic heterocycles. The van der Waals surface area contributed by atoms with Gasteiger partial charge in [0.25, 0.3) is 0 Å². The summed E-state index contributed by atoms with van der Waals surface area (Å²) in [7, 11) is 0. The molecule has 2 nitrogen and oxygen atoms in total. The Hall–Kier alpha value is -1.07. The van der Waals surface area contributed by atoms with E-state index in [4.69, 9.17) is 5.73 Å². The van der Waals surface area contributed by atoms with Gasteiger partial charge in [-0.3, -0.25) is 0 Å². The lowest BCUT2D eigenvalue weighted by molar-refractivity contribution is -0.185. The molecule has 1 unspecified atom stereocenters. The number of hydrogen-bond donors (Lipinski definition) is 1. The second kappa shape index (κ2) is 6.79. The molecule has 0 aliphatic carbocycles. The smallest absolute Gasteiger partial charge is 0.324 e. The van der Waals surface area contributed by atoms with Crippen LogP contribution in [0.2, 0.25) is 0 Å². The minimum atomic E-state index is -4.04. The number of hydrogen-bond acceptors (Lipinski definition) is 2. The Labute approximate surface area is 124 Å². The van der Waals surface area contributed by atoms with Crippen LogP contribution in [0.1, 0.15) is 36.4 Å². The Morgan fingerprint density at radius 1 is 1.19 bits per heavy atom. The van der Waals surface area contributed by atoms with Crippen LogP contribution >= 0.6 is 0 Å². The highest BCUT2D eigenvalue weighted by Gasteiger charge is 2.40. The van der Waals surface area contributed by atoms with E-state index in [-0.39, 0.29) is 18.9 Å². The third kappa shape index (κ3) is 4.71. The van der Waals surface area contributed by atoms with E-state index in [0.29, 0.717) is 13.1 Å². The quantitative estimate of drug-likeness (QED) is 0.919. The SMILES string of the molecule is Cc1ccc(C(N)CCN2CCC(C(F)(F)F)CC2)cc1. The summed E-state index contributed by atoms with van der Waals surface area (Å²) in [6.45, 7) is 3.83. The molecule has 0 spiro atoms. The molecule has 5 heteroatoms. The first-order valence-corrected chi connectivity index (χ1v) is 7.47. The molecule has 1 aromatic rings. The molecule has 2 N–H and O–H groups in total. The van der Waals surface area contributed by atoms with Crippen LogP contribution in [0.15, 0.2) is 24.3 Å². The fourth-order valence-electron chi connectivity index (χ4n) is 2.79. The number of rotatable bonds is 4. The highest BCUT2D eigenvalue weighted by atomic mass is 19.4. The first-order chi connectivity index (χ1) is 9.86. The summed E-state index contributed by atoms with van der Waals surface area (Å²) in [4.78, 5) is 2.09. The molecule has 1 atom stereocenters. The number of likely N-dealkylation sites (tertiary alicyclic amines) is 1. The predicted molar refractivity (Wildman–Crippen MR) is 77.9 cm³/mol. The van der Waals surface area contributed by atoms with E-state index in [2.05, 4.69) is 4.90 Å². The zero-order valence-corrected chi connectivity index (χ0v) is 12.4. The van der Waals surface area contributed by atoms with Gasteiger partial charge in [-0.1, -0.05) is 29.8 Å². The first kappa shape index (κ1) is 16.3. The topological polar surface area (TPSA) is 29.3 Å². The van der Waals surface area contributed by atoms with Gasteiger partial charge in [-0.25, -0.2) is 0 Å². The van der Waals surface area contributed by atoms with Gasteiger partial charge in [0.1, 0.15) is 0 Å². The minimum Gasteiger partial charge on any atom is -0.324 e. The average Bonchev–Trinajstić information content (AvgIpc) is 2.45. The van der Waals surface area contributed by atoms with Crippen molar-refractivity contribution in [2.45, 2.75) is 38.4 Å². The fourth-order valence-corrected chi connectivity index (χ4v) is 2.79. The predicted octanol–water partition coefficient (Wildman–Crippen LogP) is 3.66. The highest BCUT2D eigenvalue weighted by Crippen LogP contribution is 2.34. The number of nitrogens with two attached hydrogens (primary N) is 1. The van der Waals surface area contributed by atoms with Gasteiger partial charge in [-0.15, -0.1) is 0 Å². The Morgan fingerprint density at radius 3 is 2.29 bits per heavy atom. The van der Waals surface area contributed by atoms with Crippen molar-refractivity contribution in [2.75, 3.05) is 19.6 Å². The van der Waals surface area contributed by atoms with E-state index in [1.165, 1.54) is 5.56 Å². The largest absolute Gasteiger partial charge is 0.391 e. The third-order valence-corrected chi connectivity index (χ3v) is 4.31. The molecule has 2 rings (SSSR count).